The standard InChI is InChI=1S/C11H25N5.ClH/c1-3-5-6-8-9(7-4-2)15-11(14)16-10(12)13;/h9H,3-8H2,1-2H3,(H6,12,13,14,15,16);1H. The van der Waals surface area contributed by atoms with Crippen molar-refractivity contribution in [1.29, 1.82) is 10.8 Å². The molecule has 0 aliphatic rings. The van der Waals surface area contributed by atoms with E-state index in [0.717, 1.165) is 19.3 Å². The van der Waals surface area contributed by atoms with Crippen LogP contribution in [0.15, 0.2) is 0 Å². The Morgan fingerprint density at radius 2 is 1.76 bits per heavy atom. The van der Waals surface area contributed by atoms with Gasteiger partial charge in [0.1, 0.15) is 0 Å². The third-order valence-electron chi connectivity index (χ3n) is 2.40. The van der Waals surface area contributed by atoms with Gasteiger partial charge in [-0.25, -0.2) is 0 Å². The SMILES string of the molecule is CCCCCC(CCC)NC(=N)NC(=N)N.Cl. The van der Waals surface area contributed by atoms with Crippen LogP contribution in [0.2, 0.25) is 0 Å². The topological polar surface area (TPSA) is 97.8 Å². The largest absolute Gasteiger partial charge is 0.370 e. The predicted molar refractivity (Wildman–Crippen MR) is 76.0 cm³/mol. The molecule has 0 saturated carbocycles. The molecule has 17 heavy (non-hydrogen) atoms. The fourth-order valence-electron chi connectivity index (χ4n) is 1.65. The molecular formula is C11H26ClN5. The van der Waals surface area contributed by atoms with E-state index in [4.69, 9.17) is 16.6 Å². The number of halogens is 1. The second-order valence-electron chi connectivity index (χ2n) is 4.04. The van der Waals surface area contributed by atoms with E-state index in [1.54, 1.807) is 0 Å². The van der Waals surface area contributed by atoms with Crippen molar-refractivity contribution in [3.8, 4) is 0 Å². The molecule has 5 nitrogen and oxygen atoms in total. The molecule has 0 aliphatic carbocycles. The van der Waals surface area contributed by atoms with E-state index < -0.39 is 0 Å². The van der Waals surface area contributed by atoms with Gasteiger partial charge in [-0.3, -0.25) is 16.1 Å². The zero-order chi connectivity index (χ0) is 12.4. The maximum atomic E-state index is 7.57. The van der Waals surface area contributed by atoms with Crippen LogP contribution in [-0.4, -0.2) is 18.0 Å². The monoisotopic (exact) mass is 263 g/mol. The molecular weight excluding hydrogens is 238 g/mol. The van der Waals surface area contributed by atoms with Crippen molar-refractivity contribution in [2.45, 2.75) is 58.4 Å². The summed E-state index contributed by atoms with van der Waals surface area (Å²) in [5.41, 5.74) is 5.16. The van der Waals surface area contributed by atoms with Gasteiger partial charge in [-0.15, -0.1) is 12.4 Å². The highest BCUT2D eigenvalue weighted by Crippen LogP contribution is 2.08. The van der Waals surface area contributed by atoms with Crippen LogP contribution in [0.3, 0.4) is 0 Å². The van der Waals surface area contributed by atoms with Gasteiger partial charge in [-0.2, -0.15) is 0 Å². The molecule has 0 bridgehead atoms. The molecule has 0 radical (unpaired) electrons. The van der Waals surface area contributed by atoms with Crippen LogP contribution in [0.1, 0.15) is 52.4 Å². The van der Waals surface area contributed by atoms with E-state index in [-0.39, 0.29) is 24.3 Å². The Kier molecular flexibility index (Phi) is 12.5. The summed E-state index contributed by atoms with van der Waals surface area (Å²) in [5, 5.41) is 20.1. The highest BCUT2D eigenvalue weighted by Gasteiger charge is 2.08. The third-order valence-corrected chi connectivity index (χ3v) is 2.40. The van der Waals surface area contributed by atoms with E-state index in [2.05, 4.69) is 24.5 Å². The molecule has 0 fully saturated rings. The van der Waals surface area contributed by atoms with Crippen LogP contribution in [0, 0.1) is 10.8 Å². The van der Waals surface area contributed by atoms with E-state index in [1.165, 1.54) is 19.3 Å². The number of guanidine groups is 2. The fourth-order valence-corrected chi connectivity index (χ4v) is 1.65. The van der Waals surface area contributed by atoms with Crippen LogP contribution in [-0.2, 0) is 0 Å². The first-order chi connectivity index (χ1) is 7.60. The van der Waals surface area contributed by atoms with Crippen molar-refractivity contribution in [1.82, 2.24) is 10.6 Å². The highest BCUT2D eigenvalue weighted by atomic mass is 35.5. The third kappa shape index (κ3) is 11.3. The summed E-state index contributed by atoms with van der Waals surface area (Å²) in [6.45, 7) is 4.32. The predicted octanol–water partition coefficient (Wildman–Crippen LogP) is 2.16. The molecule has 0 aromatic rings. The Labute approximate surface area is 110 Å². The molecule has 0 spiro atoms. The lowest BCUT2D eigenvalue weighted by Gasteiger charge is -2.19. The van der Waals surface area contributed by atoms with Gasteiger partial charge < -0.3 is 11.1 Å². The first-order valence-electron chi connectivity index (χ1n) is 6.06. The summed E-state index contributed by atoms with van der Waals surface area (Å²) in [7, 11) is 0. The summed E-state index contributed by atoms with van der Waals surface area (Å²) in [5.74, 6) is -0.0660. The summed E-state index contributed by atoms with van der Waals surface area (Å²) in [4.78, 5) is 0. The number of hydrogen-bond donors (Lipinski definition) is 5. The molecule has 1 atom stereocenters. The van der Waals surface area contributed by atoms with E-state index in [0.29, 0.717) is 6.04 Å². The van der Waals surface area contributed by atoms with Gasteiger partial charge in [-0.05, 0) is 12.8 Å². The molecule has 0 amide bonds. The van der Waals surface area contributed by atoms with Crippen LogP contribution in [0.4, 0.5) is 0 Å². The minimum atomic E-state index is -0.193. The minimum Gasteiger partial charge on any atom is -0.370 e. The van der Waals surface area contributed by atoms with Crippen molar-refractivity contribution in [3.05, 3.63) is 0 Å². The second kappa shape index (κ2) is 11.5. The Balaban J connectivity index is 0. The molecule has 0 saturated heterocycles. The second-order valence-corrected chi connectivity index (χ2v) is 4.04. The van der Waals surface area contributed by atoms with Crippen LogP contribution in [0.5, 0.6) is 0 Å². The molecule has 0 aromatic heterocycles. The summed E-state index contributed by atoms with van der Waals surface area (Å²) < 4.78 is 0. The fraction of sp³-hybridized carbons (Fsp3) is 0.818. The number of nitrogens with one attached hydrogen (secondary N) is 4. The van der Waals surface area contributed by atoms with Crippen LogP contribution < -0.4 is 16.4 Å². The summed E-state index contributed by atoms with van der Waals surface area (Å²) in [6.07, 6.45) is 6.84. The molecule has 6 N–H and O–H groups in total. The zero-order valence-electron chi connectivity index (χ0n) is 10.8. The first kappa shape index (κ1) is 18.4. The summed E-state index contributed by atoms with van der Waals surface area (Å²) >= 11 is 0. The van der Waals surface area contributed by atoms with Gasteiger partial charge in [-0.1, -0.05) is 39.5 Å². The van der Waals surface area contributed by atoms with Crippen molar-refractivity contribution >= 4 is 24.3 Å². The maximum absolute atomic E-state index is 7.57. The smallest absolute Gasteiger partial charge is 0.195 e. The maximum Gasteiger partial charge on any atom is 0.195 e. The van der Waals surface area contributed by atoms with Crippen molar-refractivity contribution < 1.29 is 0 Å². The zero-order valence-corrected chi connectivity index (χ0v) is 11.6. The van der Waals surface area contributed by atoms with Gasteiger partial charge in [0.15, 0.2) is 11.9 Å². The quantitative estimate of drug-likeness (QED) is 0.277. The van der Waals surface area contributed by atoms with Gasteiger partial charge >= 0.3 is 0 Å². The Morgan fingerprint density at radius 3 is 2.24 bits per heavy atom. The normalized spacial score (nSPS) is 11.2. The molecule has 0 rings (SSSR count). The Hall–Kier alpha value is -0.970. The average Bonchev–Trinajstić information content (AvgIpc) is 2.16. The minimum absolute atomic E-state index is 0. The lowest BCUT2D eigenvalue weighted by molar-refractivity contribution is 0.483. The first-order valence-corrected chi connectivity index (χ1v) is 6.06. The number of rotatable bonds is 7. The molecule has 6 heteroatoms. The van der Waals surface area contributed by atoms with E-state index >= 15 is 0 Å². The Morgan fingerprint density at radius 1 is 1.12 bits per heavy atom. The van der Waals surface area contributed by atoms with Gasteiger partial charge in [0, 0.05) is 6.04 Å². The van der Waals surface area contributed by atoms with Crippen molar-refractivity contribution in [2.24, 2.45) is 5.73 Å². The van der Waals surface area contributed by atoms with Crippen molar-refractivity contribution in [2.75, 3.05) is 0 Å². The van der Waals surface area contributed by atoms with Crippen LogP contribution >= 0.6 is 12.4 Å². The van der Waals surface area contributed by atoms with Gasteiger partial charge in [0.2, 0.25) is 0 Å². The number of nitrogens with two attached hydrogens (primary N) is 1. The lowest BCUT2D eigenvalue weighted by atomic mass is 10.0. The van der Waals surface area contributed by atoms with E-state index in [9.17, 15) is 0 Å². The molecule has 102 valence electrons. The Bertz CT molecular complexity index is 220. The number of unbranched alkanes of at least 4 members (excludes halogenated alkanes) is 2. The molecule has 0 aliphatic heterocycles. The number of hydrogen-bond acceptors (Lipinski definition) is 2. The summed E-state index contributed by atoms with van der Waals surface area (Å²) in [6, 6.07) is 0.316. The average molecular weight is 264 g/mol. The molecule has 1 unspecified atom stereocenters. The molecule has 0 heterocycles. The molecule has 0 aromatic carbocycles. The van der Waals surface area contributed by atoms with Gasteiger partial charge in [0.05, 0.1) is 0 Å². The van der Waals surface area contributed by atoms with E-state index in [1.807, 2.05) is 0 Å². The van der Waals surface area contributed by atoms with Crippen LogP contribution in [0.25, 0.3) is 0 Å². The highest BCUT2D eigenvalue weighted by molar-refractivity contribution is 5.94. The lowest BCUT2D eigenvalue weighted by Crippen LogP contribution is -2.47. The van der Waals surface area contributed by atoms with Crippen molar-refractivity contribution in [3.63, 3.8) is 0 Å². The van der Waals surface area contributed by atoms with Gasteiger partial charge in [0.25, 0.3) is 0 Å².